The zero-order chi connectivity index (χ0) is 41.4. The summed E-state index contributed by atoms with van der Waals surface area (Å²) in [4.78, 5) is 10.4. The molecule has 3 aromatic heterocycles. The molecule has 3 heterocycles. The van der Waals surface area contributed by atoms with Crippen molar-refractivity contribution in [2.24, 2.45) is 0 Å². The van der Waals surface area contributed by atoms with E-state index in [-0.39, 0.29) is 43.1 Å². The van der Waals surface area contributed by atoms with E-state index >= 15 is 0 Å². The minimum Gasteiger partial charge on any atom is -0.507 e. The number of hydrogen-bond acceptors (Lipinski definition) is 4. The molecule has 0 spiro atoms. The molecule has 9 aromatic rings. The van der Waals surface area contributed by atoms with E-state index in [1.807, 2.05) is 42.6 Å². The number of nitrogens with zero attached hydrogens (tertiary/aromatic N) is 3. The Balaban J connectivity index is 0.00000499. The van der Waals surface area contributed by atoms with E-state index in [4.69, 9.17) is 14.4 Å². The van der Waals surface area contributed by atoms with Gasteiger partial charge in [-0.25, -0.2) is 4.98 Å². The number of benzene rings is 6. The molecule has 0 saturated heterocycles. The first-order valence-corrected chi connectivity index (χ1v) is 20.5. The van der Waals surface area contributed by atoms with Crippen LogP contribution in [0.2, 0.25) is 0 Å². The number of rotatable bonds is 5. The normalized spacial score (nSPS) is 12.3. The van der Waals surface area contributed by atoms with Crippen molar-refractivity contribution in [1.82, 2.24) is 14.5 Å². The van der Waals surface area contributed by atoms with Crippen LogP contribution in [0.3, 0.4) is 0 Å². The van der Waals surface area contributed by atoms with Crippen molar-refractivity contribution in [3.8, 4) is 56.3 Å². The van der Waals surface area contributed by atoms with E-state index in [1.54, 1.807) is 0 Å². The molecule has 1 N–H and O–H groups in total. The Morgan fingerprint density at radius 3 is 2.02 bits per heavy atom. The fourth-order valence-electron chi connectivity index (χ4n) is 8.21. The van der Waals surface area contributed by atoms with Crippen LogP contribution in [0, 0.1) is 6.07 Å². The molecule has 60 heavy (non-hydrogen) atoms. The molecule has 0 bridgehead atoms. The first-order valence-electron chi connectivity index (χ1n) is 20.5. The van der Waals surface area contributed by atoms with Gasteiger partial charge in [-0.2, -0.15) is 0 Å². The molecular weight excluding hydrogens is 918 g/mol. The zero-order valence-electron chi connectivity index (χ0n) is 35.7. The molecular formula is C54H50N3O2Pt-. The van der Waals surface area contributed by atoms with E-state index in [0.29, 0.717) is 11.4 Å². The van der Waals surface area contributed by atoms with Crippen molar-refractivity contribution in [3.63, 3.8) is 0 Å². The van der Waals surface area contributed by atoms with Gasteiger partial charge < -0.3 is 9.52 Å². The van der Waals surface area contributed by atoms with Gasteiger partial charge in [-0.1, -0.05) is 146 Å². The Bertz CT molecular complexity index is 3060. The van der Waals surface area contributed by atoms with Crippen LogP contribution in [0.1, 0.15) is 79.0 Å². The number of furan rings is 1. The summed E-state index contributed by atoms with van der Waals surface area (Å²) in [6, 6.07) is 48.0. The zero-order valence-corrected chi connectivity index (χ0v) is 38.0. The Morgan fingerprint density at radius 2 is 1.28 bits per heavy atom. The third-order valence-electron chi connectivity index (χ3n) is 11.5. The molecule has 304 valence electrons. The molecule has 0 saturated carbocycles. The summed E-state index contributed by atoms with van der Waals surface area (Å²) < 4.78 is 8.66. The molecule has 0 fully saturated rings. The molecule has 0 radical (unpaired) electrons. The maximum Gasteiger partial charge on any atom is 0.148 e. The number of fused-ring (bicyclic) bond motifs is 4. The predicted molar refractivity (Wildman–Crippen MR) is 244 cm³/mol. The van der Waals surface area contributed by atoms with Crippen LogP contribution >= 0.6 is 0 Å². The standard InChI is InChI=1S/C54H50N3O2.Pt/c1-52(2,3)36-25-26-44(41(30-36)33-17-11-10-12-18-33)57-45-23-16-22-38(48(45)56-51(57)42-31-37(53(4,5)6)32-43(49(42)58)54(7,8)9)34-19-15-20-35(29-34)47-50-40(27-28-55-47)39-21-13-14-24-46(39)59-50;/h10-28,30-32,58H,1-9H3;/q-1;. The summed E-state index contributed by atoms with van der Waals surface area (Å²) in [6.07, 6.45) is 1.84. The van der Waals surface area contributed by atoms with E-state index in [1.165, 1.54) is 5.56 Å². The second-order valence-corrected chi connectivity index (χ2v) is 18.8. The van der Waals surface area contributed by atoms with E-state index < -0.39 is 0 Å². The van der Waals surface area contributed by atoms with Crippen molar-refractivity contribution in [3.05, 3.63) is 156 Å². The molecule has 0 unspecified atom stereocenters. The summed E-state index contributed by atoms with van der Waals surface area (Å²) in [6.45, 7) is 19.9. The fourth-order valence-corrected chi connectivity index (χ4v) is 8.21. The summed E-state index contributed by atoms with van der Waals surface area (Å²) in [5, 5.41) is 14.5. The van der Waals surface area contributed by atoms with Crippen LogP contribution in [0.5, 0.6) is 5.75 Å². The predicted octanol–water partition coefficient (Wildman–Crippen LogP) is 14.4. The Morgan fingerprint density at radius 1 is 0.600 bits per heavy atom. The molecule has 0 aliphatic carbocycles. The van der Waals surface area contributed by atoms with Gasteiger partial charge in [0.15, 0.2) is 0 Å². The van der Waals surface area contributed by atoms with E-state index in [2.05, 4.69) is 164 Å². The SMILES string of the molecule is CC(C)(C)c1ccc(-n2c(-c3cc(C(C)(C)C)cc(C(C)(C)C)c3O)nc3c(-c4[c-]c(-c5nccc6c5oc5ccccc56)ccc4)cccc32)c(-c2ccccc2)c1.[Pt]. The minimum atomic E-state index is -0.322. The summed E-state index contributed by atoms with van der Waals surface area (Å²) in [7, 11) is 0. The van der Waals surface area contributed by atoms with Crippen molar-refractivity contribution < 1.29 is 30.6 Å². The van der Waals surface area contributed by atoms with Gasteiger partial charge in [0, 0.05) is 54.9 Å². The van der Waals surface area contributed by atoms with Gasteiger partial charge >= 0.3 is 0 Å². The Kier molecular flexibility index (Phi) is 10.3. The fraction of sp³-hybridized carbons (Fsp3) is 0.222. The Labute approximate surface area is 367 Å². The molecule has 5 nitrogen and oxygen atoms in total. The molecule has 0 aliphatic heterocycles. The Hall–Kier alpha value is -5.77. The van der Waals surface area contributed by atoms with Crippen molar-refractivity contribution in [2.45, 2.75) is 78.6 Å². The van der Waals surface area contributed by atoms with E-state index in [9.17, 15) is 5.11 Å². The minimum absolute atomic E-state index is 0. The molecule has 6 heteroatoms. The van der Waals surface area contributed by atoms with Gasteiger partial charge in [-0.05, 0) is 69.3 Å². The topological polar surface area (TPSA) is 64.1 Å². The smallest absolute Gasteiger partial charge is 0.148 e. The summed E-state index contributed by atoms with van der Waals surface area (Å²) >= 11 is 0. The number of phenolic OH excluding ortho intramolecular Hbond substituents is 1. The van der Waals surface area contributed by atoms with Crippen molar-refractivity contribution in [1.29, 1.82) is 0 Å². The third-order valence-corrected chi connectivity index (χ3v) is 11.5. The maximum atomic E-state index is 12.4. The average molecular weight is 968 g/mol. The first kappa shape index (κ1) is 41.0. The molecule has 0 amide bonds. The van der Waals surface area contributed by atoms with Gasteiger partial charge in [-0.3, -0.25) is 9.55 Å². The summed E-state index contributed by atoms with van der Waals surface area (Å²) in [5.74, 6) is 0.918. The number of phenols is 1. The number of imidazole rings is 1. The summed E-state index contributed by atoms with van der Waals surface area (Å²) in [5.41, 5.74) is 13.2. The van der Waals surface area contributed by atoms with Gasteiger partial charge in [0.2, 0.25) is 0 Å². The third kappa shape index (κ3) is 7.17. The molecule has 0 atom stereocenters. The second kappa shape index (κ2) is 15.0. The van der Waals surface area contributed by atoms with Crippen LogP contribution in [-0.4, -0.2) is 19.6 Å². The average Bonchev–Trinajstić information content (AvgIpc) is 3.79. The molecule has 0 aliphatic rings. The van der Waals surface area contributed by atoms with E-state index in [0.717, 1.165) is 83.3 Å². The number of pyridine rings is 1. The number of hydrogen-bond donors (Lipinski definition) is 1. The molecule has 9 rings (SSSR count). The first-order chi connectivity index (χ1) is 28.1. The quantitative estimate of drug-likeness (QED) is 0.175. The largest absolute Gasteiger partial charge is 0.507 e. The van der Waals surface area contributed by atoms with Gasteiger partial charge in [0.05, 0.1) is 22.3 Å². The van der Waals surface area contributed by atoms with Crippen LogP contribution in [-0.2, 0) is 37.3 Å². The molecule has 6 aromatic carbocycles. The van der Waals surface area contributed by atoms with Crippen LogP contribution < -0.4 is 0 Å². The number of para-hydroxylation sites is 2. The van der Waals surface area contributed by atoms with Gasteiger partial charge in [0.25, 0.3) is 0 Å². The number of aromatic nitrogens is 3. The van der Waals surface area contributed by atoms with Crippen LogP contribution in [0.4, 0.5) is 0 Å². The van der Waals surface area contributed by atoms with Gasteiger partial charge in [-0.15, -0.1) is 29.8 Å². The van der Waals surface area contributed by atoms with Crippen LogP contribution in [0.15, 0.2) is 138 Å². The maximum absolute atomic E-state index is 12.4. The van der Waals surface area contributed by atoms with Crippen molar-refractivity contribution in [2.75, 3.05) is 0 Å². The van der Waals surface area contributed by atoms with Gasteiger partial charge in [0.1, 0.15) is 22.7 Å². The number of aromatic hydroxyl groups is 1. The second-order valence-electron chi connectivity index (χ2n) is 18.8. The van der Waals surface area contributed by atoms with Crippen LogP contribution in [0.25, 0.3) is 83.6 Å². The monoisotopic (exact) mass is 967 g/mol. The van der Waals surface area contributed by atoms with Crippen molar-refractivity contribution >= 4 is 33.0 Å².